The minimum absolute atomic E-state index is 0.0418. The Hall–Kier alpha value is -7.62. The summed E-state index contributed by atoms with van der Waals surface area (Å²) >= 11 is 2.21. The number of aromatic amines is 1. The fraction of sp³-hybridized carbons (Fsp3) is 0.567. The summed E-state index contributed by atoms with van der Waals surface area (Å²) in [4.78, 5) is 35.4. The molecule has 9 aliphatic rings. The fourth-order valence-electron chi connectivity index (χ4n) is 17.7. The standard InChI is InChI=1S/C37H51F2N3O6Si2.C35H50F2IN3O6Si2.C25H25F2N3O6/c1-10-25-33-29(12-11-28(40-33)32-26(38)19-24(20-27(32)39)41-13-15-43-16-14-41)42(23-44-17-18-49(5,6)7)36(25)47-30-21-45-35-31(22-46-34(30)35)48-50(8,9)37(2,3)4;1-35(2,3)49(7,8)47-28-20-45-32-27(19-44-33(28)32)46-34-30(38)31-26(41(34)21-43-15-16-48(4,5)6)10-9-25(39-31)29-23(36)17-22(18-24(29)37)40-11-13-42-14-12-40;1-12(31)20-22-17(29-25(20)36-19-11-35-23-18(32)10-34-24(19)23)3-2-16(28-22)21-14(26)8-13(9-15(21)27)30-4-6-33-7-5-30/h1,11-12,19-20,30-31,34-35H,13-18,21-23H2,2-9H3;9-10,17-18,27-28,32-33H,11-16,19-21H2,1-8H3;2-3,8-9,18-19,23-24,29,32H,4-7,10-11H2,1H3/t30-,31-,34-,35-;27-,28-,32-,33-;18-,19-,23-,24-/m111/s1. The SMILES string of the molecule is C#Cc1c(O[C@@H]2CO[C@H]3[C@@H]2OC[C@H]3O[Si](C)(C)C(C)(C)C)n(COCC[Si](C)(C)C)c2ccc(-c3c(F)cc(N4CCOCC4)cc3F)nc12.CC(=O)c1c(O[C@@H]2CO[C@H]3[C@@H]2OC[C@H]3O)[nH]c2ccc(-c3c(F)cc(N4CCOCC4)cc3F)nc12.CC(C)(C)[Si](C)(C)O[C@@H]1CO[C@H]2[C@@H]1OC[C@H]2Oc1c(I)c2nc(-c3c(F)cc(N4CCOCC4)cc3F)ccc2n1COCC[Si](C)(C)C. The molecule has 12 atom stereocenters. The number of aromatic nitrogens is 6. The molecular weight excluding hydrogens is 1930 g/mol. The maximum Gasteiger partial charge on any atom is 0.214 e. The van der Waals surface area contributed by atoms with Crippen LogP contribution in [0.4, 0.5) is 43.4 Å². The van der Waals surface area contributed by atoms with Crippen molar-refractivity contribution in [3.63, 3.8) is 0 Å². The lowest BCUT2D eigenvalue weighted by Crippen LogP contribution is -2.47. The number of aliphatic hydroxyl groups excluding tert-OH is 1. The number of H-pyrrole nitrogens is 1. The van der Waals surface area contributed by atoms with E-state index in [9.17, 15) is 9.90 Å². The molecule has 0 spiro atoms. The zero-order valence-electron chi connectivity index (χ0n) is 80.0. The number of rotatable bonds is 27. The topological polar surface area (TPSA) is 259 Å². The van der Waals surface area contributed by atoms with Gasteiger partial charge in [0.1, 0.15) is 122 Å². The van der Waals surface area contributed by atoms with Gasteiger partial charge in [0.05, 0.1) is 142 Å². The molecule has 0 unspecified atom stereocenters. The van der Waals surface area contributed by atoms with Gasteiger partial charge in [-0.05, 0) is 151 Å². The van der Waals surface area contributed by atoms with Gasteiger partial charge in [0, 0.05) is 85.7 Å². The Morgan fingerprint density at radius 1 is 0.481 bits per heavy atom. The first-order valence-electron chi connectivity index (χ1n) is 46.6. The third-order valence-corrected chi connectivity index (χ3v) is 40.8. The molecule has 6 aromatic heterocycles. The number of ether oxygens (including phenoxy) is 14. The molecule has 9 aromatic rings. The quantitative estimate of drug-likeness (QED) is 0.0121. The van der Waals surface area contributed by atoms with Crippen LogP contribution in [0.25, 0.3) is 66.9 Å². The van der Waals surface area contributed by atoms with E-state index in [0.717, 1.165) is 21.2 Å². The number of Topliss-reactive ketones (excluding diaryl/α,β-unsaturated/α-hetero) is 1. The van der Waals surface area contributed by atoms with Crippen LogP contribution in [-0.2, 0) is 74.4 Å². The van der Waals surface area contributed by atoms with E-state index in [0.29, 0.717) is 175 Å². The van der Waals surface area contributed by atoms with E-state index in [1.165, 1.54) is 49.4 Å². The van der Waals surface area contributed by atoms with Crippen LogP contribution in [-0.4, -0.2) is 278 Å². The van der Waals surface area contributed by atoms with Gasteiger partial charge in [-0.2, -0.15) is 0 Å². The summed E-state index contributed by atoms with van der Waals surface area (Å²) in [7, 11) is -6.77. The highest BCUT2D eigenvalue weighted by atomic mass is 127. The summed E-state index contributed by atoms with van der Waals surface area (Å²) in [6, 6.07) is 20.0. The summed E-state index contributed by atoms with van der Waals surface area (Å²) in [6.07, 6.45) is 1.58. The molecule has 3 aromatic carbocycles. The lowest BCUT2D eigenvalue weighted by molar-refractivity contribution is 0.00781. The van der Waals surface area contributed by atoms with Gasteiger partial charge in [0.2, 0.25) is 17.6 Å². The Morgan fingerprint density at radius 2 is 0.822 bits per heavy atom. The van der Waals surface area contributed by atoms with Crippen LogP contribution in [0.15, 0.2) is 72.8 Å². The number of nitrogens with zero attached hydrogens (tertiary/aromatic N) is 8. The Kier molecular flexibility index (Phi) is 30.4. The van der Waals surface area contributed by atoms with Crippen molar-refractivity contribution < 1.29 is 111 Å². The van der Waals surface area contributed by atoms with Gasteiger partial charge in [0.25, 0.3) is 0 Å². The van der Waals surface area contributed by atoms with Crippen LogP contribution in [0, 0.1) is 50.8 Å². The number of terminal acetylenes is 1. The lowest BCUT2D eigenvalue weighted by Gasteiger charge is -2.39. The number of nitrogens with one attached hydrogen (secondary N) is 1. The molecule has 0 amide bonds. The smallest absolute Gasteiger partial charge is 0.214 e. The number of halogens is 7. The number of aliphatic hydroxyl groups is 1. The molecule has 9 aliphatic heterocycles. The van der Waals surface area contributed by atoms with Gasteiger partial charge in [-0.15, -0.1) is 6.42 Å². The molecule has 0 radical (unpaired) electrons. The molecule has 27 nitrogen and oxygen atoms in total. The highest BCUT2D eigenvalue weighted by Gasteiger charge is 2.56. The molecule has 9 saturated heterocycles. The van der Waals surface area contributed by atoms with Crippen LogP contribution in [0.5, 0.6) is 17.6 Å². The Morgan fingerprint density at radius 3 is 1.22 bits per heavy atom. The van der Waals surface area contributed by atoms with Crippen molar-refractivity contribution in [1.82, 2.24) is 29.1 Å². The van der Waals surface area contributed by atoms with E-state index in [2.05, 4.69) is 145 Å². The highest BCUT2D eigenvalue weighted by molar-refractivity contribution is 14.1. The molecule has 38 heteroatoms. The number of morpholine rings is 3. The normalized spacial score (nSPS) is 24.0. The number of hydrogen-bond donors (Lipinski definition) is 2. The van der Waals surface area contributed by atoms with E-state index in [1.807, 2.05) is 29.9 Å². The molecule has 2 N–H and O–H groups in total. The predicted molar refractivity (Wildman–Crippen MR) is 521 cm³/mol. The van der Waals surface area contributed by atoms with Crippen molar-refractivity contribution in [2.24, 2.45) is 0 Å². The second-order valence-corrected chi connectivity index (χ2v) is 63.2. The van der Waals surface area contributed by atoms with Gasteiger partial charge in [0.15, 0.2) is 40.7 Å². The summed E-state index contributed by atoms with van der Waals surface area (Å²) in [5, 5.41) is 10.1. The van der Waals surface area contributed by atoms with Crippen molar-refractivity contribution in [1.29, 1.82) is 0 Å². The number of fused-ring (bicyclic) bond motifs is 6. The van der Waals surface area contributed by atoms with Crippen molar-refractivity contribution in [2.75, 3.05) is 146 Å². The second-order valence-electron chi connectivity index (χ2n) is 41.4. The number of carbonyl (C=O) groups excluding carboxylic acids is 1. The zero-order valence-corrected chi connectivity index (χ0v) is 86.2. The molecule has 0 bridgehead atoms. The zero-order chi connectivity index (χ0) is 96.3. The number of benzene rings is 3. The molecule has 9 fully saturated rings. The third-order valence-electron chi connectivity index (χ3n) is 27.4. The van der Waals surface area contributed by atoms with Gasteiger partial charge in [-0.25, -0.2) is 41.3 Å². The predicted octanol–water partition coefficient (Wildman–Crippen LogP) is 17.2. The van der Waals surface area contributed by atoms with E-state index in [1.54, 1.807) is 24.3 Å². The van der Waals surface area contributed by atoms with Gasteiger partial charge in [-0.1, -0.05) is 86.7 Å². The van der Waals surface area contributed by atoms with Crippen molar-refractivity contribution in [2.45, 2.75) is 223 Å². The van der Waals surface area contributed by atoms with E-state index in [4.69, 9.17) is 91.6 Å². The average Bonchev–Trinajstić information content (AvgIpc) is 1.57. The van der Waals surface area contributed by atoms with Crippen LogP contribution in [0.1, 0.15) is 64.4 Å². The highest BCUT2D eigenvalue weighted by Crippen LogP contribution is 2.47. The Balaban J connectivity index is 0.000000149. The first kappa shape index (κ1) is 100. The van der Waals surface area contributed by atoms with Crippen molar-refractivity contribution >= 4 is 111 Å². The van der Waals surface area contributed by atoms with Crippen LogP contribution in [0.2, 0.25) is 87.6 Å². The average molecular weight is 2060 g/mol. The van der Waals surface area contributed by atoms with E-state index >= 15 is 26.3 Å². The molecule has 135 heavy (non-hydrogen) atoms. The summed E-state index contributed by atoms with van der Waals surface area (Å²) in [5.41, 5.74) is 4.81. The molecular formula is C97H126F6IN9O18Si4. The first-order chi connectivity index (χ1) is 64.0. The third kappa shape index (κ3) is 21.8. The molecule has 0 aliphatic carbocycles. The number of ketones is 1. The van der Waals surface area contributed by atoms with Gasteiger partial charge >= 0.3 is 0 Å². The molecule has 0 saturated carbocycles. The Labute approximate surface area is 802 Å². The summed E-state index contributed by atoms with van der Waals surface area (Å²) < 4.78 is 195. The van der Waals surface area contributed by atoms with Crippen LogP contribution < -0.4 is 28.9 Å². The summed E-state index contributed by atoms with van der Waals surface area (Å²) in [6.45, 7) is 47.3. The van der Waals surface area contributed by atoms with Crippen molar-refractivity contribution in [3.05, 3.63) is 122 Å². The largest absolute Gasteiger partial charge is 0.470 e. The number of anilines is 3. The van der Waals surface area contributed by atoms with Crippen LogP contribution in [0.3, 0.4) is 0 Å². The molecule has 732 valence electrons. The lowest BCUT2D eigenvalue weighted by atomic mass is 10.1. The summed E-state index contributed by atoms with van der Waals surface area (Å²) in [5.74, 6) is -0.642. The number of carbonyl (C=O) groups is 1. The van der Waals surface area contributed by atoms with Gasteiger partial charge in [-0.3, -0.25) is 13.9 Å². The number of pyridine rings is 3. The minimum Gasteiger partial charge on any atom is -0.470 e. The maximum absolute atomic E-state index is 15.7. The molecule has 15 heterocycles. The Bertz CT molecular complexity index is 5760. The van der Waals surface area contributed by atoms with Gasteiger partial charge < -0.3 is 100.0 Å². The van der Waals surface area contributed by atoms with E-state index in [-0.39, 0.29) is 136 Å². The van der Waals surface area contributed by atoms with Crippen LogP contribution >= 0.6 is 22.6 Å². The first-order valence-corrected chi connectivity index (χ1v) is 60.9. The number of hydrogen-bond acceptors (Lipinski definition) is 24. The second kappa shape index (κ2) is 40.9. The van der Waals surface area contributed by atoms with Crippen molar-refractivity contribution in [3.8, 4) is 63.8 Å². The maximum atomic E-state index is 15.7. The minimum atomic E-state index is -2.07. The molecule has 18 rings (SSSR count). The fourth-order valence-corrected chi connectivity index (χ4v) is 22.7. The monoisotopic (exact) mass is 2060 g/mol. The van der Waals surface area contributed by atoms with E-state index < -0.39 is 98.2 Å².